The van der Waals surface area contributed by atoms with Gasteiger partial charge in [0.1, 0.15) is 0 Å². The normalized spacial score (nSPS) is 19.0. The fourth-order valence-corrected chi connectivity index (χ4v) is 5.51. The van der Waals surface area contributed by atoms with Gasteiger partial charge in [0.15, 0.2) is 8.68 Å². The van der Waals surface area contributed by atoms with Crippen LogP contribution in [0.1, 0.15) is 39.0 Å². The molecule has 23 heavy (non-hydrogen) atoms. The molecule has 1 aromatic rings. The van der Waals surface area contributed by atoms with Gasteiger partial charge in [-0.2, -0.15) is 0 Å². The van der Waals surface area contributed by atoms with Crippen LogP contribution >= 0.6 is 34.9 Å². The Morgan fingerprint density at radius 1 is 1.35 bits per heavy atom. The molecule has 0 unspecified atom stereocenters. The van der Waals surface area contributed by atoms with Crippen LogP contribution in [0.25, 0.3) is 0 Å². The van der Waals surface area contributed by atoms with E-state index in [9.17, 15) is 4.79 Å². The number of piperidine rings is 1. The summed E-state index contributed by atoms with van der Waals surface area (Å²) in [6.07, 6.45) is 6.19. The van der Waals surface area contributed by atoms with E-state index in [0.29, 0.717) is 5.75 Å². The molecule has 1 aliphatic heterocycles. The maximum atomic E-state index is 11.6. The van der Waals surface area contributed by atoms with E-state index in [2.05, 4.69) is 27.5 Å². The van der Waals surface area contributed by atoms with Crippen LogP contribution in [0, 0.1) is 0 Å². The average molecular weight is 375 g/mol. The highest BCUT2D eigenvalue weighted by atomic mass is 32.2. The van der Waals surface area contributed by atoms with Crippen LogP contribution in [0.4, 0.5) is 0 Å². The predicted molar refractivity (Wildman–Crippen MR) is 99.5 cm³/mol. The monoisotopic (exact) mass is 374 g/mol. The van der Waals surface area contributed by atoms with Crippen molar-refractivity contribution in [2.24, 2.45) is 0 Å². The molecule has 1 N–H and O–H groups in total. The minimum atomic E-state index is 0.0709. The van der Waals surface area contributed by atoms with Gasteiger partial charge in [0.05, 0.1) is 5.75 Å². The second-order valence-electron chi connectivity index (χ2n) is 5.74. The Morgan fingerprint density at radius 3 is 2.87 bits per heavy atom. The Bertz CT molecular complexity index is 483. The number of carbonyl (C=O) groups is 1. The first kappa shape index (κ1) is 19.0. The number of rotatable bonds is 9. The molecule has 0 spiro atoms. The highest BCUT2D eigenvalue weighted by Gasteiger charge is 2.18. The van der Waals surface area contributed by atoms with Gasteiger partial charge in [-0.15, -0.1) is 10.2 Å². The Balaban J connectivity index is 1.65. The number of carbonyl (C=O) groups excluding carboxylic acids is 1. The number of nitrogens with zero attached hydrogens (tertiary/aromatic N) is 3. The lowest BCUT2D eigenvalue weighted by Gasteiger charge is -2.32. The molecule has 1 amide bonds. The van der Waals surface area contributed by atoms with Gasteiger partial charge in [-0.05, 0) is 39.3 Å². The zero-order chi connectivity index (χ0) is 16.5. The summed E-state index contributed by atoms with van der Waals surface area (Å²) in [5.41, 5.74) is 0. The second kappa shape index (κ2) is 10.5. The molecule has 0 aliphatic carbocycles. The van der Waals surface area contributed by atoms with E-state index < -0.39 is 0 Å². The van der Waals surface area contributed by atoms with E-state index in [4.69, 9.17) is 0 Å². The standard InChI is InChI=1S/C15H26N4OS3/c1-3-8-16-13(20)11-22-15-18-17-14(23-15)21-10-7-12-6-4-5-9-19(12)2/h12H,3-11H2,1-2H3,(H,16,20)/t12-/m1/s1. The topological polar surface area (TPSA) is 58.1 Å². The number of likely N-dealkylation sites (tertiary alicyclic amines) is 1. The van der Waals surface area contributed by atoms with Gasteiger partial charge >= 0.3 is 0 Å². The maximum absolute atomic E-state index is 11.6. The smallest absolute Gasteiger partial charge is 0.230 e. The van der Waals surface area contributed by atoms with Crippen LogP contribution < -0.4 is 5.32 Å². The largest absolute Gasteiger partial charge is 0.355 e. The highest BCUT2D eigenvalue weighted by molar-refractivity contribution is 8.03. The summed E-state index contributed by atoms with van der Waals surface area (Å²) < 4.78 is 1.90. The molecule has 0 aromatic carbocycles. The number of hydrogen-bond acceptors (Lipinski definition) is 7. The molecule has 1 fully saturated rings. The molecular formula is C15H26N4OS3. The third-order valence-electron chi connectivity index (χ3n) is 3.88. The Hall–Kier alpha value is -0.310. The summed E-state index contributed by atoms with van der Waals surface area (Å²) in [4.78, 5) is 14.1. The van der Waals surface area contributed by atoms with Crippen LogP contribution in [0.5, 0.6) is 0 Å². The van der Waals surface area contributed by atoms with Gasteiger partial charge < -0.3 is 10.2 Å². The number of amides is 1. The number of nitrogens with one attached hydrogen (secondary N) is 1. The lowest BCUT2D eigenvalue weighted by Crippen LogP contribution is -2.36. The molecule has 1 aliphatic rings. The Morgan fingerprint density at radius 2 is 2.13 bits per heavy atom. The van der Waals surface area contributed by atoms with Gasteiger partial charge in [-0.1, -0.05) is 48.2 Å². The quantitative estimate of drug-likeness (QED) is 0.670. The van der Waals surface area contributed by atoms with Crippen LogP contribution in [0.3, 0.4) is 0 Å². The molecule has 1 atom stereocenters. The average Bonchev–Trinajstić information content (AvgIpc) is 3.00. The van der Waals surface area contributed by atoms with Crippen LogP contribution in [0.15, 0.2) is 8.68 Å². The Labute approximate surface area is 151 Å². The van der Waals surface area contributed by atoms with E-state index in [0.717, 1.165) is 33.4 Å². The highest BCUT2D eigenvalue weighted by Crippen LogP contribution is 2.30. The van der Waals surface area contributed by atoms with Crippen molar-refractivity contribution in [3.63, 3.8) is 0 Å². The molecule has 1 saturated heterocycles. The van der Waals surface area contributed by atoms with Crippen molar-refractivity contribution in [2.75, 3.05) is 31.6 Å². The maximum Gasteiger partial charge on any atom is 0.230 e. The SMILES string of the molecule is CCCNC(=O)CSc1nnc(SCC[C@H]2CCCCN2C)s1. The summed E-state index contributed by atoms with van der Waals surface area (Å²) in [5.74, 6) is 1.58. The second-order valence-corrected chi connectivity index (χ2v) is 9.28. The van der Waals surface area contributed by atoms with Crippen molar-refractivity contribution in [1.82, 2.24) is 20.4 Å². The van der Waals surface area contributed by atoms with Gasteiger partial charge in [-0.25, -0.2) is 0 Å². The van der Waals surface area contributed by atoms with Crippen molar-refractivity contribution in [3.8, 4) is 0 Å². The first-order chi connectivity index (χ1) is 11.2. The molecule has 2 rings (SSSR count). The van der Waals surface area contributed by atoms with E-state index in [1.165, 1.54) is 44.0 Å². The minimum absolute atomic E-state index is 0.0709. The molecule has 5 nitrogen and oxygen atoms in total. The van der Waals surface area contributed by atoms with Crippen molar-refractivity contribution < 1.29 is 4.79 Å². The zero-order valence-corrected chi connectivity index (χ0v) is 16.4. The van der Waals surface area contributed by atoms with Crippen molar-refractivity contribution in [1.29, 1.82) is 0 Å². The molecule has 1 aromatic heterocycles. The lowest BCUT2D eigenvalue weighted by molar-refractivity contribution is -0.118. The van der Waals surface area contributed by atoms with E-state index in [1.807, 2.05) is 6.92 Å². The summed E-state index contributed by atoms with van der Waals surface area (Å²) in [5, 5.41) is 11.3. The van der Waals surface area contributed by atoms with Crippen molar-refractivity contribution >= 4 is 40.8 Å². The van der Waals surface area contributed by atoms with Crippen LogP contribution in [0.2, 0.25) is 0 Å². The summed E-state index contributed by atoms with van der Waals surface area (Å²) in [6.45, 7) is 4.02. The van der Waals surface area contributed by atoms with E-state index in [1.54, 1.807) is 23.1 Å². The van der Waals surface area contributed by atoms with E-state index in [-0.39, 0.29) is 5.91 Å². The summed E-state index contributed by atoms with van der Waals surface area (Å²) >= 11 is 4.86. The first-order valence-corrected chi connectivity index (χ1v) is 11.0. The zero-order valence-electron chi connectivity index (χ0n) is 13.9. The summed E-state index contributed by atoms with van der Waals surface area (Å²) in [7, 11) is 2.23. The number of thioether (sulfide) groups is 2. The summed E-state index contributed by atoms with van der Waals surface area (Å²) in [6, 6.07) is 0.722. The molecule has 0 bridgehead atoms. The van der Waals surface area contributed by atoms with Gasteiger partial charge in [0.25, 0.3) is 0 Å². The third-order valence-corrected chi connectivity index (χ3v) is 7.11. The molecule has 2 heterocycles. The molecule has 0 saturated carbocycles. The molecular weight excluding hydrogens is 348 g/mol. The number of aromatic nitrogens is 2. The fraction of sp³-hybridized carbons (Fsp3) is 0.800. The third kappa shape index (κ3) is 6.99. The molecule has 130 valence electrons. The Kier molecular flexibility index (Phi) is 8.71. The fourth-order valence-electron chi connectivity index (χ4n) is 2.55. The van der Waals surface area contributed by atoms with Gasteiger partial charge in [-0.3, -0.25) is 4.79 Å². The molecule has 0 radical (unpaired) electrons. The lowest BCUT2D eigenvalue weighted by atomic mass is 10.0. The van der Waals surface area contributed by atoms with Crippen molar-refractivity contribution in [3.05, 3.63) is 0 Å². The first-order valence-electron chi connectivity index (χ1n) is 8.25. The van der Waals surface area contributed by atoms with Gasteiger partial charge in [0.2, 0.25) is 5.91 Å². The predicted octanol–water partition coefficient (Wildman–Crippen LogP) is 3.12. The van der Waals surface area contributed by atoms with Gasteiger partial charge in [0, 0.05) is 18.3 Å². The van der Waals surface area contributed by atoms with Crippen LogP contribution in [-0.4, -0.2) is 58.7 Å². The van der Waals surface area contributed by atoms with Crippen molar-refractivity contribution in [2.45, 2.75) is 53.7 Å². The van der Waals surface area contributed by atoms with E-state index >= 15 is 0 Å². The minimum Gasteiger partial charge on any atom is -0.355 e. The molecule has 8 heteroatoms. The number of hydrogen-bond donors (Lipinski definition) is 1. The van der Waals surface area contributed by atoms with Crippen LogP contribution in [-0.2, 0) is 4.79 Å².